The van der Waals surface area contributed by atoms with Crippen LogP contribution in [-0.2, 0) is 11.2 Å². The molecule has 0 fully saturated rings. The average molecular weight is 242 g/mol. The van der Waals surface area contributed by atoms with Crippen molar-refractivity contribution < 1.29 is 9.90 Å². The summed E-state index contributed by atoms with van der Waals surface area (Å²) in [5, 5.41) is 14.1. The second kappa shape index (κ2) is 5.94. The number of aryl methyl sites for hydroxylation is 1. The molecule has 0 aliphatic heterocycles. The third-order valence-electron chi connectivity index (χ3n) is 2.47. The van der Waals surface area contributed by atoms with Gasteiger partial charge in [-0.1, -0.05) is 25.6 Å². The van der Waals surface area contributed by atoms with Crippen molar-refractivity contribution in [3.63, 3.8) is 0 Å². The minimum Gasteiger partial charge on any atom is -0.481 e. The summed E-state index contributed by atoms with van der Waals surface area (Å²) in [6, 6.07) is 2.30. The van der Waals surface area contributed by atoms with Gasteiger partial charge in [0.1, 0.15) is 0 Å². The molecule has 0 aliphatic carbocycles. The van der Waals surface area contributed by atoms with Gasteiger partial charge in [-0.05, 0) is 25.8 Å². The van der Waals surface area contributed by atoms with E-state index in [0.29, 0.717) is 6.04 Å². The Morgan fingerprint density at radius 3 is 2.81 bits per heavy atom. The largest absolute Gasteiger partial charge is 0.481 e. The second-order valence-corrected chi connectivity index (χ2v) is 4.71. The second-order valence-electron chi connectivity index (χ2n) is 3.71. The highest BCUT2D eigenvalue weighted by molar-refractivity contribution is 7.99. The lowest BCUT2D eigenvalue weighted by Crippen LogP contribution is -2.08. The van der Waals surface area contributed by atoms with Gasteiger partial charge in [0.2, 0.25) is 0 Å². The van der Waals surface area contributed by atoms with Gasteiger partial charge in [0, 0.05) is 0 Å². The van der Waals surface area contributed by atoms with Crippen LogP contribution in [-0.4, -0.2) is 26.6 Å². The molecule has 0 aliphatic rings. The zero-order chi connectivity index (χ0) is 12.1. The fourth-order valence-corrected chi connectivity index (χ4v) is 2.17. The fourth-order valence-electron chi connectivity index (χ4n) is 1.33. The Hall–Kier alpha value is -0.970. The summed E-state index contributed by atoms with van der Waals surface area (Å²) in [6.07, 6.45) is 1.87. The maximum absolute atomic E-state index is 10.5. The molecule has 4 nitrogen and oxygen atoms in total. The van der Waals surface area contributed by atoms with Crippen LogP contribution in [0.5, 0.6) is 0 Å². The Labute approximate surface area is 100 Å². The van der Waals surface area contributed by atoms with Crippen LogP contribution in [0, 0.1) is 0 Å². The van der Waals surface area contributed by atoms with E-state index in [9.17, 15) is 4.79 Å². The van der Waals surface area contributed by atoms with E-state index in [2.05, 4.69) is 25.9 Å². The van der Waals surface area contributed by atoms with Crippen molar-refractivity contribution in [3.8, 4) is 0 Å². The molecule has 1 rings (SSSR count). The molecule has 0 saturated carbocycles. The molecule has 1 aromatic rings. The highest BCUT2D eigenvalue weighted by atomic mass is 32.2. The predicted molar refractivity (Wildman–Crippen MR) is 65.0 cm³/mol. The molecule has 5 heteroatoms. The van der Waals surface area contributed by atoms with Crippen molar-refractivity contribution >= 4 is 17.7 Å². The van der Waals surface area contributed by atoms with Gasteiger partial charge in [0.05, 0.1) is 22.5 Å². The van der Waals surface area contributed by atoms with Crippen LogP contribution in [0.1, 0.15) is 38.9 Å². The van der Waals surface area contributed by atoms with E-state index in [1.165, 1.54) is 11.8 Å². The standard InChI is InChI=1S/C11H18N2O2S/c1-4-8(3)13-10(16-7-11(14)15)6-9(5-2)12-13/h6,8H,4-5,7H2,1-3H3,(H,14,15). The molecular weight excluding hydrogens is 224 g/mol. The van der Waals surface area contributed by atoms with Gasteiger partial charge in [-0.15, -0.1) is 0 Å². The van der Waals surface area contributed by atoms with Gasteiger partial charge >= 0.3 is 5.97 Å². The minimum absolute atomic E-state index is 0.0886. The summed E-state index contributed by atoms with van der Waals surface area (Å²) in [7, 11) is 0. The van der Waals surface area contributed by atoms with E-state index in [1.807, 2.05) is 10.7 Å². The van der Waals surface area contributed by atoms with E-state index in [0.717, 1.165) is 23.6 Å². The van der Waals surface area contributed by atoms with Crippen molar-refractivity contribution in [2.45, 2.75) is 44.7 Å². The van der Waals surface area contributed by atoms with Crippen molar-refractivity contribution in [2.24, 2.45) is 0 Å². The zero-order valence-electron chi connectivity index (χ0n) is 9.93. The molecule has 1 N–H and O–H groups in total. The Morgan fingerprint density at radius 1 is 1.62 bits per heavy atom. The SMILES string of the molecule is CCc1cc(SCC(=O)O)n(C(C)CC)n1. The number of nitrogens with zero attached hydrogens (tertiary/aromatic N) is 2. The van der Waals surface area contributed by atoms with Crippen molar-refractivity contribution in [2.75, 3.05) is 5.75 Å². The number of carbonyl (C=O) groups is 1. The Morgan fingerprint density at radius 2 is 2.31 bits per heavy atom. The van der Waals surface area contributed by atoms with E-state index in [-0.39, 0.29) is 5.75 Å². The van der Waals surface area contributed by atoms with Gasteiger partial charge < -0.3 is 5.11 Å². The maximum Gasteiger partial charge on any atom is 0.313 e. The first kappa shape index (κ1) is 13.1. The molecule has 1 heterocycles. The van der Waals surface area contributed by atoms with Crippen LogP contribution in [0.15, 0.2) is 11.1 Å². The third-order valence-corrected chi connectivity index (χ3v) is 3.46. The lowest BCUT2D eigenvalue weighted by molar-refractivity contribution is -0.133. The first-order chi connectivity index (χ1) is 7.58. The minimum atomic E-state index is -0.792. The smallest absolute Gasteiger partial charge is 0.313 e. The summed E-state index contributed by atoms with van der Waals surface area (Å²) in [5.41, 5.74) is 1.02. The highest BCUT2D eigenvalue weighted by Crippen LogP contribution is 2.24. The predicted octanol–water partition coefficient (Wildman–Crippen LogP) is 2.59. The number of rotatable bonds is 6. The Bertz CT molecular complexity index is 363. The molecule has 90 valence electrons. The molecule has 1 aromatic heterocycles. The number of carboxylic acids is 1. The molecule has 1 unspecified atom stereocenters. The van der Waals surface area contributed by atoms with Crippen molar-refractivity contribution in [3.05, 3.63) is 11.8 Å². The van der Waals surface area contributed by atoms with Gasteiger partial charge in [-0.2, -0.15) is 5.10 Å². The van der Waals surface area contributed by atoms with Crippen LogP contribution < -0.4 is 0 Å². The lowest BCUT2D eigenvalue weighted by Gasteiger charge is -2.12. The van der Waals surface area contributed by atoms with E-state index in [4.69, 9.17) is 5.11 Å². The van der Waals surface area contributed by atoms with Gasteiger partial charge in [-0.25, -0.2) is 0 Å². The van der Waals surface area contributed by atoms with Crippen LogP contribution in [0.25, 0.3) is 0 Å². The number of carboxylic acid groups (broad SMARTS) is 1. The molecule has 1 atom stereocenters. The fraction of sp³-hybridized carbons (Fsp3) is 0.636. The normalized spacial score (nSPS) is 12.7. The zero-order valence-corrected chi connectivity index (χ0v) is 10.8. The summed E-state index contributed by atoms with van der Waals surface area (Å²) in [5.74, 6) is -0.703. The van der Waals surface area contributed by atoms with Gasteiger partial charge in [0.15, 0.2) is 0 Å². The van der Waals surface area contributed by atoms with E-state index >= 15 is 0 Å². The first-order valence-corrected chi connectivity index (χ1v) is 6.50. The number of hydrogen-bond acceptors (Lipinski definition) is 3. The van der Waals surface area contributed by atoms with Crippen LogP contribution >= 0.6 is 11.8 Å². The molecule has 0 bridgehead atoms. The van der Waals surface area contributed by atoms with Crippen LogP contribution in [0.4, 0.5) is 0 Å². The molecular formula is C11H18N2O2S. The topological polar surface area (TPSA) is 55.1 Å². The third kappa shape index (κ3) is 3.27. The monoisotopic (exact) mass is 242 g/mol. The molecule has 0 spiro atoms. The average Bonchev–Trinajstić information content (AvgIpc) is 2.68. The Kier molecular flexibility index (Phi) is 4.86. The van der Waals surface area contributed by atoms with Gasteiger partial charge in [0.25, 0.3) is 0 Å². The van der Waals surface area contributed by atoms with E-state index in [1.54, 1.807) is 0 Å². The number of aliphatic carboxylic acids is 1. The number of aromatic nitrogens is 2. The number of hydrogen-bond donors (Lipinski definition) is 1. The van der Waals surface area contributed by atoms with Crippen LogP contribution in [0.2, 0.25) is 0 Å². The highest BCUT2D eigenvalue weighted by Gasteiger charge is 2.13. The Balaban J connectivity index is 2.86. The molecule has 0 saturated heterocycles. The molecule has 0 amide bonds. The molecule has 0 aromatic carbocycles. The maximum atomic E-state index is 10.5. The van der Waals surface area contributed by atoms with Gasteiger partial charge in [-0.3, -0.25) is 9.48 Å². The van der Waals surface area contributed by atoms with E-state index < -0.39 is 5.97 Å². The summed E-state index contributed by atoms with van der Waals surface area (Å²) >= 11 is 1.34. The van der Waals surface area contributed by atoms with Crippen LogP contribution in [0.3, 0.4) is 0 Å². The molecule has 16 heavy (non-hydrogen) atoms. The number of thioether (sulfide) groups is 1. The lowest BCUT2D eigenvalue weighted by atomic mass is 10.3. The first-order valence-electron chi connectivity index (χ1n) is 5.51. The summed E-state index contributed by atoms with van der Waals surface area (Å²) in [6.45, 7) is 6.25. The van der Waals surface area contributed by atoms with Crippen molar-refractivity contribution in [1.82, 2.24) is 9.78 Å². The van der Waals surface area contributed by atoms with Crippen molar-refractivity contribution in [1.29, 1.82) is 0 Å². The quantitative estimate of drug-likeness (QED) is 0.779. The molecule has 0 radical (unpaired) electrons. The summed E-state index contributed by atoms with van der Waals surface area (Å²) < 4.78 is 1.94. The summed E-state index contributed by atoms with van der Waals surface area (Å²) in [4.78, 5) is 10.5.